The molecule has 0 bridgehead atoms. The van der Waals surface area contributed by atoms with Crippen LogP contribution in [0.2, 0.25) is 0 Å². The molecule has 3 heteroatoms. The second kappa shape index (κ2) is 6.38. The van der Waals surface area contributed by atoms with Gasteiger partial charge in [0.2, 0.25) is 5.88 Å². The third kappa shape index (κ3) is 3.50. The number of ether oxygens (including phenoxy) is 1. The Hall–Kier alpha value is -1.12. The van der Waals surface area contributed by atoms with Gasteiger partial charge in [0.1, 0.15) is 0 Å². The Bertz CT molecular complexity index is 271. The van der Waals surface area contributed by atoms with Crippen LogP contribution in [0.15, 0.2) is 12.4 Å². The second-order valence-electron chi connectivity index (χ2n) is 3.73. The van der Waals surface area contributed by atoms with Gasteiger partial charge in [-0.3, -0.25) is 4.98 Å². The van der Waals surface area contributed by atoms with Gasteiger partial charge in [0.05, 0.1) is 25.2 Å². The van der Waals surface area contributed by atoms with Crippen LogP contribution in [0.25, 0.3) is 0 Å². The molecular weight excluding hydrogens is 188 g/mol. The van der Waals surface area contributed by atoms with Crippen LogP contribution in [0, 0.1) is 0 Å². The monoisotopic (exact) mass is 208 g/mol. The van der Waals surface area contributed by atoms with E-state index in [1.165, 1.54) is 19.3 Å². The molecule has 15 heavy (non-hydrogen) atoms. The van der Waals surface area contributed by atoms with Crippen LogP contribution in [0.5, 0.6) is 5.88 Å². The minimum atomic E-state index is 0.545. The molecule has 0 aliphatic rings. The molecule has 1 aromatic heterocycles. The largest absolute Gasteiger partial charge is 0.480 e. The first-order valence-corrected chi connectivity index (χ1v) is 5.67. The summed E-state index contributed by atoms with van der Waals surface area (Å²) in [5.41, 5.74) is 1.09. The fourth-order valence-corrected chi connectivity index (χ4v) is 1.65. The lowest BCUT2D eigenvalue weighted by molar-refractivity contribution is 0.394. The zero-order chi connectivity index (χ0) is 11.1. The van der Waals surface area contributed by atoms with Crippen LogP contribution in [0.4, 0.5) is 0 Å². The standard InChI is InChI=1S/C12H20N2O/c1-4-6-7-10(5-2)11-8-14-12(15-3)9-13-11/h8-10H,4-7H2,1-3H3. The van der Waals surface area contributed by atoms with Crippen molar-refractivity contribution >= 4 is 0 Å². The SMILES string of the molecule is CCCCC(CC)c1cnc(OC)cn1. The fraction of sp³-hybridized carbons (Fsp3) is 0.667. The third-order valence-electron chi connectivity index (χ3n) is 2.67. The van der Waals surface area contributed by atoms with Crippen LogP contribution in [0.3, 0.4) is 0 Å². The van der Waals surface area contributed by atoms with E-state index in [0.29, 0.717) is 11.8 Å². The highest BCUT2D eigenvalue weighted by atomic mass is 16.5. The van der Waals surface area contributed by atoms with Gasteiger partial charge in [-0.25, -0.2) is 4.98 Å². The van der Waals surface area contributed by atoms with E-state index in [1.54, 1.807) is 13.3 Å². The van der Waals surface area contributed by atoms with Gasteiger partial charge in [-0.2, -0.15) is 0 Å². The maximum absolute atomic E-state index is 4.99. The van der Waals surface area contributed by atoms with Crippen LogP contribution < -0.4 is 4.74 Å². The summed E-state index contributed by atoms with van der Waals surface area (Å²) >= 11 is 0. The van der Waals surface area contributed by atoms with Gasteiger partial charge in [0.15, 0.2) is 0 Å². The fourth-order valence-electron chi connectivity index (χ4n) is 1.65. The van der Waals surface area contributed by atoms with Crippen LogP contribution >= 0.6 is 0 Å². The normalized spacial score (nSPS) is 12.5. The van der Waals surface area contributed by atoms with Crippen molar-refractivity contribution in [3.05, 3.63) is 18.1 Å². The van der Waals surface area contributed by atoms with Gasteiger partial charge in [-0.1, -0.05) is 26.7 Å². The van der Waals surface area contributed by atoms with Gasteiger partial charge in [-0.15, -0.1) is 0 Å². The van der Waals surface area contributed by atoms with Crippen molar-refractivity contribution in [2.24, 2.45) is 0 Å². The maximum Gasteiger partial charge on any atom is 0.231 e. The Balaban J connectivity index is 2.65. The van der Waals surface area contributed by atoms with E-state index in [1.807, 2.05) is 6.20 Å². The van der Waals surface area contributed by atoms with Gasteiger partial charge >= 0.3 is 0 Å². The van der Waals surface area contributed by atoms with E-state index in [4.69, 9.17) is 4.74 Å². The Morgan fingerprint density at radius 2 is 2.07 bits per heavy atom. The van der Waals surface area contributed by atoms with E-state index in [0.717, 1.165) is 12.1 Å². The Morgan fingerprint density at radius 1 is 1.27 bits per heavy atom. The zero-order valence-corrected chi connectivity index (χ0v) is 9.86. The minimum Gasteiger partial charge on any atom is -0.480 e. The predicted octanol–water partition coefficient (Wildman–Crippen LogP) is 3.17. The summed E-state index contributed by atoms with van der Waals surface area (Å²) < 4.78 is 4.99. The molecule has 0 radical (unpaired) electrons. The van der Waals surface area contributed by atoms with Gasteiger partial charge < -0.3 is 4.74 Å². The highest BCUT2D eigenvalue weighted by molar-refractivity contribution is 5.10. The van der Waals surface area contributed by atoms with Crippen LogP contribution in [-0.4, -0.2) is 17.1 Å². The molecule has 1 atom stereocenters. The van der Waals surface area contributed by atoms with E-state index < -0.39 is 0 Å². The molecule has 1 rings (SSSR count). The molecule has 3 nitrogen and oxygen atoms in total. The number of hydrogen-bond donors (Lipinski definition) is 0. The number of unbranched alkanes of at least 4 members (excludes halogenated alkanes) is 1. The first-order chi connectivity index (χ1) is 7.31. The molecule has 0 saturated heterocycles. The van der Waals surface area contributed by atoms with Crippen molar-refractivity contribution in [1.29, 1.82) is 0 Å². The maximum atomic E-state index is 4.99. The van der Waals surface area contributed by atoms with E-state index >= 15 is 0 Å². The highest BCUT2D eigenvalue weighted by Crippen LogP contribution is 2.23. The molecule has 0 aromatic carbocycles. The van der Waals surface area contributed by atoms with Crippen molar-refractivity contribution < 1.29 is 4.74 Å². The number of nitrogens with zero attached hydrogens (tertiary/aromatic N) is 2. The molecule has 0 fully saturated rings. The summed E-state index contributed by atoms with van der Waals surface area (Å²) in [6, 6.07) is 0. The molecule has 0 amide bonds. The average molecular weight is 208 g/mol. The molecule has 1 heterocycles. The average Bonchev–Trinajstić information content (AvgIpc) is 2.31. The molecule has 0 spiro atoms. The summed E-state index contributed by atoms with van der Waals surface area (Å²) in [6.07, 6.45) is 8.36. The van der Waals surface area contributed by atoms with Crippen LogP contribution in [0.1, 0.15) is 51.1 Å². The van der Waals surface area contributed by atoms with E-state index in [2.05, 4.69) is 23.8 Å². The summed E-state index contributed by atoms with van der Waals surface area (Å²) in [6.45, 7) is 4.42. The topological polar surface area (TPSA) is 35.0 Å². The zero-order valence-electron chi connectivity index (χ0n) is 9.86. The smallest absolute Gasteiger partial charge is 0.231 e. The predicted molar refractivity (Wildman–Crippen MR) is 61.1 cm³/mol. The number of hydrogen-bond acceptors (Lipinski definition) is 3. The Kier molecular flexibility index (Phi) is 5.08. The van der Waals surface area contributed by atoms with E-state index in [9.17, 15) is 0 Å². The lowest BCUT2D eigenvalue weighted by Gasteiger charge is -2.13. The summed E-state index contributed by atoms with van der Waals surface area (Å²) in [4.78, 5) is 8.58. The second-order valence-corrected chi connectivity index (χ2v) is 3.73. The van der Waals surface area contributed by atoms with Crippen molar-refractivity contribution in [2.75, 3.05) is 7.11 Å². The van der Waals surface area contributed by atoms with Crippen molar-refractivity contribution in [3.63, 3.8) is 0 Å². The molecule has 0 aliphatic carbocycles. The molecule has 1 unspecified atom stereocenters. The highest BCUT2D eigenvalue weighted by Gasteiger charge is 2.10. The lowest BCUT2D eigenvalue weighted by Crippen LogP contribution is -2.02. The minimum absolute atomic E-state index is 0.545. The molecule has 0 aliphatic heterocycles. The number of aromatic nitrogens is 2. The molecular formula is C12H20N2O. The van der Waals surface area contributed by atoms with Crippen molar-refractivity contribution in [3.8, 4) is 5.88 Å². The molecule has 0 N–H and O–H groups in total. The summed E-state index contributed by atoms with van der Waals surface area (Å²) in [7, 11) is 1.61. The third-order valence-corrected chi connectivity index (χ3v) is 2.67. The number of rotatable bonds is 6. The van der Waals surface area contributed by atoms with Gasteiger partial charge in [0, 0.05) is 5.92 Å². The lowest BCUT2D eigenvalue weighted by atomic mass is 9.96. The van der Waals surface area contributed by atoms with Crippen molar-refractivity contribution in [2.45, 2.75) is 45.4 Å². The Morgan fingerprint density at radius 3 is 2.53 bits per heavy atom. The van der Waals surface area contributed by atoms with Crippen molar-refractivity contribution in [1.82, 2.24) is 9.97 Å². The van der Waals surface area contributed by atoms with Gasteiger partial charge in [0.25, 0.3) is 0 Å². The quantitative estimate of drug-likeness (QED) is 0.720. The van der Waals surface area contributed by atoms with Gasteiger partial charge in [-0.05, 0) is 12.8 Å². The van der Waals surface area contributed by atoms with Crippen LogP contribution in [-0.2, 0) is 0 Å². The molecule has 1 aromatic rings. The summed E-state index contributed by atoms with van der Waals surface area (Å²) in [5, 5.41) is 0. The molecule has 84 valence electrons. The first-order valence-electron chi connectivity index (χ1n) is 5.67. The summed E-state index contributed by atoms with van der Waals surface area (Å²) in [5.74, 6) is 1.13. The number of methoxy groups -OCH3 is 1. The van der Waals surface area contributed by atoms with E-state index in [-0.39, 0.29) is 0 Å². The molecule has 0 saturated carbocycles. The Labute approximate surface area is 91.9 Å². The first kappa shape index (κ1) is 12.0.